The van der Waals surface area contributed by atoms with E-state index in [9.17, 15) is 5.11 Å². The molecule has 6 nitrogen and oxygen atoms in total. The molecule has 1 aliphatic rings. The van der Waals surface area contributed by atoms with Crippen LogP contribution < -0.4 is 10.6 Å². The largest absolute Gasteiger partial charge is 0.508 e. The average Bonchev–Trinajstić information content (AvgIpc) is 3.32. The third-order valence-corrected chi connectivity index (χ3v) is 3.48. The molecule has 1 heterocycles. The molecule has 1 fully saturated rings. The Morgan fingerprint density at radius 1 is 1.18 bits per heavy atom. The Morgan fingerprint density at radius 2 is 2.05 bits per heavy atom. The van der Waals surface area contributed by atoms with Crippen LogP contribution in [-0.4, -0.2) is 33.3 Å². The van der Waals surface area contributed by atoms with Crippen molar-refractivity contribution in [2.45, 2.75) is 25.2 Å². The molecule has 116 valence electrons. The average molecular weight is 300 g/mol. The quantitative estimate of drug-likeness (QED) is 0.588. The summed E-state index contributed by atoms with van der Waals surface area (Å²) in [5.41, 5.74) is 1.81. The van der Waals surface area contributed by atoms with Gasteiger partial charge >= 0.3 is 0 Å². The Labute approximate surface area is 129 Å². The van der Waals surface area contributed by atoms with Crippen molar-refractivity contribution in [2.24, 2.45) is 0 Å². The summed E-state index contributed by atoms with van der Waals surface area (Å²) in [5, 5.41) is 24.7. The number of nitrogens with zero attached hydrogens (tertiary/aromatic N) is 2. The number of phenolic OH excluding ortho intramolecular Hbond substituents is 1. The van der Waals surface area contributed by atoms with Crippen LogP contribution >= 0.6 is 0 Å². The first-order chi connectivity index (χ1) is 10.7. The van der Waals surface area contributed by atoms with Gasteiger partial charge in [-0.25, -0.2) is 4.98 Å². The van der Waals surface area contributed by atoms with Gasteiger partial charge in [-0.2, -0.15) is 4.98 Å². The van der Waals surface area contributed by atoms with Crippen molar-refractivity contribution >= 4 is 17.5 Å². The fraction of sp³-hybridized carbons (Fsp3) is 0.375. The highest BCUT2D eigenvalue weighted by Crippen LogP contribution is 2.40. The Kier molecular flexibility index (Phi) is 4.39. The van der Waals surface area contributed by atoms with Gasteiger partial charge in [0, 0.05) is 36.9 Å². The molecule has 0 aliphatic heterocycles. The standard InChI is InChI=1S/C16H20N4O2/c21-8-2-7-17-16-19-14(11-5-6-11)10-15(20-16)18-12-3-1-4-13(22)9-12/h1,3-4,9-11,21-22H,2,5-8H2,(H2,17,18,19,20). The number of aliphatic hydroxyl groups excluding tert-OH is 1. The Bertz CT molecular complexity index is 644. The number of aromatic nitrogens is 2. The number of rotatable bonds is 7. The van der Waals surface area contributed by atoms with Crippen LogP contribution in [0.1, 0.15) is 30.9 Å². The molecule has 0 spiro atoms. The van der Waals surface area contributed by atoms with Crippen LogP contribution in [0.15, 0.2) is 30.3 Å². The van der Waals surface area contributed by atoms with Gasteiger partial charge in [-0.3, -0.25) is 0 Å². The van der Waals surface area contributed by atoms with Crippen LogP contribution in [0.2, 0.25) is 0 Å². The second-order valence-corrected chi connectivity index (χ2v) is 5.46. The summed E-state index contributed by atoms with van der Waals surface area (Å²) >= 11 is 0. The van der Waals surface area contributed by atoms with E-state index in [4.69, 9.17) is 5.11 Å². The maximum atomic E-state index is 9.53. The van der Waals surface area contributed by atoms with Crippen molar-refractivity contribution in [3.8, 4) is 5.75 Å². The zero-order chi connectivity index (χ0) is 15.4. The van der Waals surface area contributed by atoms with Crippen LogP contribution in [-0.2, 0) is 0 Å². The van der Waals surface area contributed by atoms with Crippen LogP contribution in [0.4, 0.5) is 17.5 Å². The second-order valence-electron chi connectivity index (χ2n) is 5.46. The summed E-state index contributed by atoms with van der Waals surface area (Å²) in [4.78, 5) is 8.98. The highest BCUT2D eigenvalue weighted by Gasteiger charge is 2.26. The fourth-order valence-corrected chi connectivity index (χ4v) is 2.21. The summed E-state index contributed by atoms with van der Waals surface area (Å²) in [7, 11) is 0. The molecule has 3 rings (SSSR count). The molecule has 1 aromatic carbocycles. The maximum Gasteiger partial charge on any atom is 0.224 e. The van der Waals surface area contributed by atoms with Crippen LogP contribution in [0, 0.1) is 0 Å². The lowest BCUT2D eigenvalue weighted by molar-refractivity contribution is 0.292. The molecule has 0 atom stereocenters. The first-order valence-electron chi connectivity index (χ1n) is 7.54. The Balaban J connectivity index is 1.79. The number of anilines is 3. The Morgan fingerprint density at radius 3 is 2.77 bits per heavy atom. The van der Waals surface area contributed by atoms with E-state index >= 15 is 0 Å². The van der Waals surface area contributed by atoms with Crippen molar-refractivity contribution in [1.82, 2.24) is 9.97 Å². The van der Waals surface area contributed by atoms with Crippen molar-refractivity contribution in [2.75, 3.05) is 23.8 Å². The van der Waals surface area contributed by atoms with Gasteiger partial charge in [0.25, 0.3) is 0 Å². The van der Waals surface area contributed by atoms with E-state index in [-0.39, 0.29) is 12.4 Å². The van der Waals surface area contributed by atoms with E-state index in [1.165, 1.54) is 12.8 Å². The monoisotopic (exact) mass is 300 g/mol. The summed E-state index contributed by atoms with van der Waals surface area (Å²) in [6.07, 6.45) is 2.99. The third kappa shape index (κ3) is 3.85. The van der Waals surface area contributed by atoms with Crippen molar-refractivity contribution < 1.29 is 10.2 Å². The van der Waals surface area contributed by atoms with E-state index in [1.54, 1.807) is 18.2 Å². The van der Waals surface area contributed by atoms with Crippen LogP contribution in [0.5, 0.6) is 5.75 Å². The first-order valence-corrected chi connectivity index (χ1v) is 7.54. The highest BCUT2D eigenvalue weighted by molar-refractivity contribution is 5.59. The number of aromatic hydroxyl groups is 1. The van der Waals surface area contributed by atoms with Crippen LogP contribution in [0.3, 0.4) is 0 Å². The number of phenols is 1. The number of nitrogens with one attached hydrogen (secondary N) is 2. The molecule has 1 aromatic heterocycles. The van der Waals surface area contributed by atoms with Gasteiger partial charge in [-0.1, -0.05) is 6.07 Å². The number of aliphatic hydroxyl groups is 1. The lowest BCUT2D eigenvalue weighted by Crippen LogP contribution is -2.09. The van der Waals surface area contributed by atoms with E-state index in [0.29, 0.717) is 30.6 Å². The van der Waals surface area contributed by atoms with Gasteiger partial charge in [0.05, 0.1) is 5.69 Å². The lowest BCUT2D eigenvalue weighted by atomic mass is 10.2. The third-order valence-electron chi connectivity index (χ3n) is 3.48. The van der Waals surface area contributed by atoms with Gasteiger partial charge in [-0.15, -0.1) is 0 Å². The van der Waals surface area contributed by atoms with Crippen molar-refractivity contribution in [1.29, 1.82) is 0 Å². The molecule has 22 heavy (non-hydrogen) atoms. The molecule has 4 N–H and O–H groups in total. The molecule has 0 bridgehead atoms. The zero-order valence-corrected chi connectivity index (χ0v) is 12.3. The van der Waals surface area contributed by atoms with Crippen molar-refractivity contribution in [3.63, 3.8) is 0 Å². The van der Waals surface area contributed by atoms with E-state index < -0.39 is 0 Å². The maximum absolute atomic E-state index is 9.53. The summed E-state index contributed by atoms with van der Waals surface area (Å²) < 4.78 is 0. The Hall–Kier alpha value is -2.34. The van der Waals surface area contributed by atoms with E-state index in [1.807, 2.05) is 12.1 Å². The van der Waals surface area contributed by atoms with Gasteiger partial charge in [0.15, 0.2) is 0 Å². The smallest absolute Gasteiger partial charge is 0.224 e. The number of benzene rings is 1. The minimum atomic E-state index is 0.143. The molecule has 0 amide bonds. The van der Waals surface area contributed by atoms with Crippen molar-refractivity contribution in [3.05, 3.63) is 36.0 Å². The fourth-order valence-electron chi connectivity index (χ4n) is 2.21. The molecular weight excluding hydrogens is 280 g/mol. The summed E-state index contributed by atoms with van der Waals surface area (Å²) in [5.74, 6) is 2.00. The molecule has 2 aromatic rings. The minimum Gasteiger partial charge on any atom is -0.508 e. The normalized spacial score (nSPS) is 13.9. The van der Waals surface area contributed by atoms with E-state index in [0.717, 1.165) is 11.4 Å². The molecule has 0 unspecified atom stereocenters. The predicted molar refractivity (Wildman–Crippen MR) is 85.6 cm³/mol. The SMILES string of the molecule is OCCCNc1nc(Nc2cccc(O)c2)cc(C2CC2)n1. The molecule has 6 heteroatoms. The molecule has 0 radical (unpaired) electrons. The molecule has 1 saturated carbocycles. The van der Waals surface area contributed by atoms with E-state index in [2.05, 4.69) is 20.6 Å². The van der Waals surface area contributed by atoms with Gasteiger partial charge in [-0.05, 0) is 31.4 Å². The molecular formula is C16H20N4O2. The molecule has 1 aliphatic carbocycles. The minimum absolute atomic E-state index is 0.143. The zero-order valence-electron chi connectivity index (χ0n) is 12.3. The summed E-state index contributed by atoms with van der Waals surface area (Å²) in [6, 6.07) is 8.89. The second kappa shape index (κ2) is 6.62. The van der Waals surface area contributed by atoms with Gasteiger partial charge in [0.2, 0.25) is 5.95 Å². The number of hydrogen-bond donors (Lipinski definition) is 4. The predicted octanol–water partition coefficient (Wildman–Crippen LogP) is 2.60. The topological polar surface area (TPSA) is 90.3 Å². The number of hydrogen-bond acceptors (Lipinski definition) is 6. The highest BCUT2D eigenvalue weighted by atomic mass is 16.3. The summed E-state index contributed by atoms with van der Waals surface area (Å²) in [6.45, 7) is 0.778. The molecule has 0 saturated heterocycles. The first kappa shape index (κ1) is 14.6. The van der Waals surface area contributed by atoms with Gasteiger partial charge < -0.3 is 20.8 Å². The lowest BCUT2D eigenvalue weighted by Gasteiger charge is -2.11. The van der Waals surface area contributed by atoms with Crippen LogP contribution in [0.25, 0.3) is 0 Å². The van der Waals surface area contributed by atoms with Gasteiger partial charge in [0.1, 0.15) is 11.6 Å².